The molecule has 1 saturated heterocycles. The first-order valence-corrected chi connectivity index (χ1v) is 8.19. The molecule has 0 radical (unpaired) electrons. The normalized spacial score (nSPS) is 14.8. The van der Waals surface area contributed by atoms with E-state index >= 15 is 0 Å². The summed E-state index contributed by atoms with van der Waals surface area (Å²) in [7, 11) is 0. The molecule has 2 aromatic carbocycles. The van der Waals surface area contributed by atoms with Crippen LogP contribution in [0.15, 0.2) is 67.0 Å². The lowest BCUT2D eigenvalue weighted by molar-refractivity contribution is 0.475. The van der Waals surface area contributed by atoms with Crippen molar-refractivity contribution in [2.45, 2.75) is 0 Å². The third-order valence-corrected chi connectivity index (χ3v) is 4.47. The largest absolute Gasteiger partial charge is 0.508 e. The van der Waals surface area contributed by atoms with Gasteiger partial charge in [0.1, 0.15) is 5.75 Å². The summed E-state index contributed by atoms with van der Waals surface area (Å²) in [5.41, 5.74) is 3.49. The van der Waals surface area contributed by atoms with Gasteiger partial charge in [0.15, 0.2) is 0 Å². The van der Waals surface area contributed by atoms with Crippen LogP contribution >= 0.6 is 0 Å². The molecule has 1 aliphatic rings. The van der Waals surface area contributed by atoms with E-state index in [0.29, 0.717) is 5.75 Å². The number of anilines is 2. The Bertz CT molecular complexity index is 790. The van der Waals surface area contributed by atoms with Gasteiger partial charge in [0.25, 0.3) is 0 Å². The van der Waals surface area contributed by atoms with E-state index in [1.165, 1.54) is 5.69 Å². The van der Waals surface area contributed by atoms with E-state index in [0.717, 1.165) is 37.6 Å². The summed E-state index contributed by atoms with van der Waals surface area (Å²) in [4.78, 5) is 4.76. The van der Waals surface area contributed by atoms with Crippen molar-refractivity contribution < 1.29 is 5.11 Å². The van der Waals surface area contributed by atoms with Crippen LogP contribution in [-0.2, 0) is 0 Å². The highest BCUT2D eigenvalue weighted by Gasteiger charge is 2.20. The van der Waals surface area contributed by atoms with Crippen molar-refractivity contribution in [1.82, 2.24) is 9.78 Å². The summed E-state index contributed by atoms with van der Waals surface area (Å²) in [5.74, 6) is 0.311. The molecule has 5 nitrogen and oxygen atoms in total. The van der Waals surface area contributed by atoms with E-state index in [1.54, 1.807) is 18.3 Å². The minimum absolute atomic E-state index is 0.311. The molecule has 4 rings (SSSR count). The Balaban J connectivity index is 1.51. The Morgan fingerprint density at radius 2 is 1.42 bits per heavy atom. The van der Waals surface area contributed by atoms with Crippen molar-refractivity contribution in [3.05, 3.63) is 67.0 Å². The number of aromatic hydroxyl groups is 1. The molecule has 1 fully saturated rings. The van der Waals surface area contributed by atoms with E-state index in [9.17, 15) is 5.11 Å². The van der Waals surface area contributed by atoms with Gasteiger partial charge in [0.05, 0.1) is 11.4 Å². The number of hydrogen-bond donors (Lipinski definition) is 1. The molecule has 1 aliphatic heterocycles. The summed E-state index contributed by atoms with van der Waals surface area (Å²) in [5, 5.41) is 13.8. The lowest BCUT2D eigenvalue weighted by Gasteiger charge is -2.38. The van der Waals surface area contributed by atoms with Gasteiger partial charge in [-0.05, 0) is 42.5 Å². The number of hydrogen-bond acceptors (Lipinski definition) is 4. The van der Waals surface area contributed by atoms with Crippen LogP contribution < -0.4 is 9.80 Å². The smallest absolute Gasteiger partial charge is 0.115 e. The van der Waals surface area contributed by atoms with Crippen molar-refractivity contribution in [1.29, 1.82) is 0 Å². The molecule has 0 bridgehead atoms. The number of phenols is 1. The average molecular weight is 320 g/mol. The van der Waals surface area contributed by atoms with Gasteiger partial charge in [-0.15, -0.1) is 0 Å². The molecule has 0 unspecified atom stereocenters. The molecule has 0 amide bonds. The molecule has 122 valence electrons. The van der Waals surface area contributed by atoms with E-state index in [-0.39, 0.29) is 0 Å². The van der Waals surface area contributed by atoms with E-state index in [2.05, 4.69) is 33.1 Å². The molecular formula is C19H20N4O. The topological polar surface area (TPSA) is 44.5 Å². The SMILES string of the molecule is Oc1ccc(N2CCN(c3ccccc3-n3cccn3)CC2)cc1. The van der Waals surface area contributed by atoms with Crippen LogP contribution in [-0.4, -0.2) is 41.1 Å². The van der Waals surface area contributed by atoms with E-state index < -0.39 is 0 Å². The first-order valence-electron chi connectivity index (χ1n) is 8.19. The summed E-state index contributed by atoms with van der Waals surface area (Å²) in [6, 6.07) is 17.8. The third-order valence-electron chi connectivity index (χ3n) is 4.47. The van der Waals surface area contributed by atoms with Crippen molar-refractivity contribution in [3.63, 3.8) is 0 Å². The zero-order valence-corrected chi connectivity index (χ0v) is 13.4. The molecule has 0 atom stereocenters. The number of aromatic nitrogens is 2. The van der Waals surface area contributed by atoms with E-state index in [1.807, 2.05) is 35.1 Å². The number of piperazine rings is 1. The van der Waals surface area contributed by atoms with Gasteiger partial charge in [-0.3, -0.25) is 0 Å². The second-order valence-corrected chi connectivity index (χ2v) is 5.93. The Morgan fingerprint density at radius 1 is 0.750 bits per heavy atom. The molecule has 1 N–H and O–H groups in total. The zero-order valence-electron chi connectivity index (χ0n) is 13.4. The summed E-state index contributed by atoms with van der Waals surface area (Å²) >= 11 is 0. The second-order valence-electron chi connectivity index (χ2n) is 5.93. The van der Waals surface area contributed by atoms with Gasteiger partial charge in [-0.25, -0.2) is 4.68 Å². The molecule has 0 aliphatic carbocycles. The fourth-order valence-electron chi connectivity index (χ4n) is 3.21. The lowest BCUT2D eigenvalue weighted by Crippen LogP contribution is -2.46. The Kier molecular flexibility index (Phi) is 3.83. The standard InChI is InChI=1S/C19H20N4O/c24-17-8-6-16(7-9-17)21-12-14-22(15-13-21)18-4-1-2-5-19(18)23-11-3-10-20-23/h1-11,24H,12-15H2. The van der Waals surface area contributed by atoms with Crippen LogP contribution in [0.5, 0.6) is 5.75 Å². The van der Waals surface area contributed by atoms with Crippen LogP contribution in [0.3, 0.4) is 0 Å². The van der Waals surface area contributed by atoms with Crippen LogP contribution in [0, 0.1) is 0 Å². The number of phenolic OH excluding ortho intramolecular Hbond substituents is 1. The molecule has 5 heteroatoms. The number of rotatable bonds is 3. The first-order chi connectivity index (χ1) is 11.8. The number of nitrogens with zero attached hydrogens (tertiary/aromatic N) is 4. The van der Waals surface area contributed by atoms with Gasteiger partial charge in [0.2, 0.25) is 0 Å². The van der Waals surface area contributed by atoms with Crippen LogP contribution in [0.1, 0.15) is 0 Å². The van der Waals surface area contributed by atoms with Gasteiger partial charge in [-0.2, -0.15) is 5.10 Å². The highest BCUT2D eigenvalue weighted by molar-refractivity contribution is 5.63. The highest BCUT2D eigenvalue weighted by Crippen LogP contribution is 2.26. The molecule has 0 saturated carbocycles. The Labute approximate surface area is 141 Å². The quantitative estimate of drug-likeness (QED) is 0.806. The maximum Gasteiger partial charge on any atom is 0.115 e. The number of benzene rings is 2. The van der Waals surface area contributed by atoms with Crippen molar-refractivity contribution >= 4 is 11.4 Å². The minimum Gasteiger partial charge on any atom is -0.508 e. The van der Waals surface area contributed by atoms with Crippen molar-refractivity contribution in [2.24, 2.45) is 0 Å². The molecule has 2 heterocycles. The second kappa shape index (κ2) is 6.28. The minimum atomic E-state index is 0.311. The molecule has 3 aromatic rings. The maximum atomic E-state index is 9.43. The summed E-state index contributed by atoms with van der Waals surface area (Å²) in [6.07, 6.45) is 3.78. The highest BCUT2D eigenvalue weighted by atomic mass is 16.3. The van der Waals surface area contributed by atoms with E-state index in [4.69, 9.17) is 0 Å². The van der Waals surface area contributed by atoms with Crippen LogP contribution in [0.4, 0.5) is 11.4 Å². The zero-order chi connectivity index (χ0) is 16.4. The molecular weight excluding hydrogens is 300 g/mol. The van der Waals surface area contributed by atoms with Gasteiger partial charge >= 0.3 is 0 Å². The van der Waals surface area contributed by atoms with Gasteiger partial charge in [0, 0.05) is 44.3 Å². The van der Waals surface area contributed by atoms with Crippen LogP contribution in [0.25, 0.3) is 5.69 Å². The molecule has 24 heavy (non-hydrogen) atoms. The van der Waals surface area contributed by atoms with Crippen molar-refractivity contribution in [3.8, 4) is 11.4 Å². The molecule has 1 aromatic heterocycles. The van der Waals surface area contributed by atoms with Crippen LogP contribution in [0.2, 0.25) is 0 Å². The average Bonchev–Trinajstić information content (AvgIpc) is 3.17. The fourth-order valence-corrected chi connectivity index (χ4v) is 3.21. The third kappa shape index (κ3) is 2.80. The lowest BCUT2D eigenvalue weighted by atomic mass is 10.2. The number of para-hydroxylation sites is 2. The first kappa shape index (κ1) is 14.6. The maximum absolute atomic E-state index is 9.43. The van der Waals surface area contributed by atoms with Gasteiger partial charge < -0.3 is 14.9 Å². The Hall–Kier alpha value is -2.95. The molecule has 0 spiro atoms. The monoisotopic (exact) mass is 320 g/mol. The summed E-state index contributed by atoms with van der Waals surface area (Å²) in [6.45, 7) is 3.83. The Morgan fingerprint density at radius 3 is 2.08 bits per heavy atom. The fraction of sp³-hybridized carbons (Fsp3) is 0.211. The summed E-state index contributed by atoms with van der Waals surface area (Å²) < 4.78 is 1.92. The predicted octanol–water partition coefficient (Wildman–Crippen LogP) is 2.90. The predicted molar refractivity (Wildman–Crippen MR) is 96.1 cm³/mol. The van der Waals surface area contributed by atoms with Crippen molar-refractivity contribution in [2.75, 3.05) is 36.0 Å². The van der Waals surface area contributed by atoms with Gasteiger partial charge in [-0.1, -0.05) is 12.1 Å².